The lowest BCUT2D eigenvalue weighted by Gasteiger charge is -2.06. The van der Waals surface area contributed by atoms with Crippen LogP contribution in [0.25, 0.3) is 27.9 Å². The van der Waals surface area contributed by atoms with Gasteiger partial charge in [0.15, 0.2) is 16.6 Å². The first kappa shape index (κ1) is 17.2. The molecule has 5 nitrogen and oxygen atoms in total. The normalized spacial score (nSPS) is 11.3. The van der Waals surface area contributed by atoms with Crippen molar-refractivity contribution in [2.75, 3.05) is 0 Å². The summed E-state index contributed by atoms with van der Waals surface area (Å²) in [7, 11) is 0. The predicted molar refractivity (Wildman–Crippen MR) is 113 cm³/mol. The number of benzene rings is 2. The molecule has 3 aromatic heterocycles. The van der Waals surface area contributed by atoms with Crippen LogP contribution in [0.5, 0.6) is 0 Å². The number of hydrogen-bond acceptors (Lipinski definition) is 5. The zero-order valence-corrected chi connectivity index (χ0v) is 16.2. The van der Waals surface area contributed by atoms with E-state index in [4.69, 9.17) is 26.7 Å². The predicted octanol–water partition coefficient (Wildman–Crippen LogP) is 5.29. The molecular weight excluding hydrogens is 390 g/mol. The molecule has 0 fully saturated rings. The van der Waals surface area contributed by atoms with Crippen molar-refractivity contribution < 1.29 is 0 Å². The van der Waals surface area contributed by atoms with E-state index in [1.54, 1.807) is 24.2 Å². The fourth-order valence-electron chi connectivity index (χ4n) is 2.98. The van der Waals surface area contributed by atoms with E-state index >= 15 is 0 Å². The molecule has 0 radical (unpaired) electrons. The van der Waals surface area contributed by atoms with Gasteiger partial charge in [-0.15, -0.1) is 5.10 Å². The van der Waals surface area contributed by atoms with Gasteiger partial charge in [0.05, 0.1) is 5.52 Å². The molecule has 0 saturated carbocycles. The van der Waals surface area contributed by atoms with Crippen LogP contribution in [-0.2, 0) is 5.75 Å². The highest BCUT2D eigenvalue weighted by atomic mass is 35.5. The molecular formula is C21H14ClN5S. The van der Waals surface area contributed by atoms with Gasteiger partial charge in [-0.2, -0.15) is 4.52 Å². The number of pyridine rings is 1. The third-order valence-corrected chi connectivity index (χ3v) is 5.62. The summed E-state index contributed by atoms with van der Waals surface area (Å²) in [6, 6.07) is 19.7. The molecule has 0 bridgehead atoms. The molecule has 3 heterocycles. The maximum atomic E-state index is 5.99. The van der Waals surface area contributed by atoms with E-state index in [1.165, 1.54) is 5.56 Å². The van der Waals surface area contributed by atoms with Crippen LogP contribution in [-0.4, -0.2) is 24.6 Å². The van der Waals surface area contributed by atoms with E-state index in [1.807, 2.05) is 65.2 Å². The number of thioether (sulfide) groups is 1. The molecule has 0 atom stereocenters. The van der Waals surface area contributed by atoms with E-state index in [9.17, 15) is 0 Å². The molecule has 2 aromatic carbocycles. The minimum absolute atomic E-state index is 0.661. The number of aromatic nitrogens is 5. The van der Waals surface area contributed by atoms with E-state index in [0.717, 1.165) is 38.0 Å². The highest BCUT2D eigenvalue weighted by Gasteiger charge is 2.14. The van der Waals surface area contributed by atoms with Gasteiger partial charge in [0.2, 0.25) is 0 Å². The Morgan fingerprint density at radius 1 is 0.893 bits per heavy atom. The van der Waals surface area contributed by atoms with Crippen molar-refractivity contribution >= 4 is 39.9 Å². The van der Waals surface area contributed by atoms with Crippen LogP contribution in [0.3, 0.4) is 0 Å². The zero-order valence-electron chi connectivity index (χ0n) is 14.7. The van der Waals surface area contributed by atoms with Gasteiger partial charge < -0.3 is 0 Å². The first-order valence-corrected chi connectivity index (χ1v) is 10.1. The van der Waals surface area contributed by atoms with Gasteiger partial charge in [-0.3, -0.25) is 4.98 Å². The summed E-state index contributed by atoms with van der Waals surface area (Å²) >= 11 is 7.61. The molecule has 5 aromatic rings. The number of nitrogens with zero attached hydrogens (tertiary/aromatic N) is 5. The largest absolute Gasteiger partial charge is 0.265 e. The minimum Gasteiger partial charge on any atom is -0.265 e. The molecule has 0 aliphatic carbocycles. The number of halogens is 1. The van der Waals surface area contributed by atoms with Crippen LogP contribution in [0.1, 0.15) is 5.56 Å². The summed E-state index contributed by atoms with van der Waals surface area (Å²) in [6.45, 7) is 0. The average Bonchev–Trinajstić information content (AvgIpc) is 3.20. The molecule has 0 unspecified atom stereocenters. The number of rotatable bonds is 4. The molecule has 0 amide bonds. The second-order valence-corrected chi connectivity index (χ2v) is 7.61. The van der Waals surface area contributed by atoms with Crippen molar-refractivity contribution in [3.63, 3.8) is 0 Å². The van der Waals surface area contributed by atoms with Crippen molar-refractivity contribution in [2.24, 2.45) is 0 Å². The van der Waals surface area contributed by atoms with Gasteiger partial charge in [0.25, 0.3) is 0 Å². The molecule has 0 aliphatic rings. The highest BCUT2D eigenvalue weighted by Crippen LogP contribution is 2.28. The number of para-hydroxylation sites is 1. The van der Waals surface area contributed by atoms with Crippen LogP contribution in [0.4, 0.5) is 0 Å². The molecule has 0 N–H and O–H groups in total. The summed E-state index contributed by atoms with van der Waals surface area (Å²) in [5, 5.41) is 7.25. The minimum atomic E-state index is 0.661. The lowest BCUT2D eigenvalue weighted by atomic mass is 10.2. The van der Waals surface area contributed by atoms with Crippen LogP contribution in [0.2, 0.25) is 5.02 Å². The number of fused-ring (bicyclic) bond motifs is 3. The van der Waals surface area contributed by atoms with Gasteiger partial charge in [-0.25, -0.2) is 9.97 Å². The monoisotopic (exact) mass is 403 g/mol. The summed E-state index contributed by atoms with van der Waals surface area (Å²) in [5.74, 6) is 1.43. The van der Waals surface area contributed by atoms with E-state index in [2.05, 4.69) is 4.98 Å². The highest BCUT2D eigenvalue weighted by molar-refractivity contribution is 7.98. The van der Waals surface area contributed by atoms with E-state index in [0.29, 0.717) is 5.82 Å². The Labute approximate surface area is 170 Å². The lowest BCUT2D eigenvalue weighted by Crippen LogP contribution is -1.98. The van der Waals surface area contributed by atoms with Crippen LogP contribution < -0.4 is 0 Å². The molecule has 0 saturated heterocycles. The van der Waals surface area contributed by atoms with Crippen molar-refractivity contribution in [2.45, 2.75) is 10.9 Å². The fourth-order valence-corrected chi connectivity index (χ4v) is 4.00. The Hall–Kier alpha value is -2.96. The first-order chi connectivity index (χ1) is 13.8. The Morgan fingerprint density at radius 2 is 1.68 bits per heavy atom. The van der Waals surface area contributed by atoms with Crippen LogP contribution >= 0.6 is 23.4 Å². The van der Waals surface area contributed by atoms with Gasteiger partial charge in [0, 0.05) is 34.1 Å². The maximum Gasteiger partial charge on any atom is 0.191 e. The van der Waals surface area contributed by atoms with Crippen molar-refractivity contribution in [3.05, 3.63) is 83.6 Å². The molecule has 0 spiro atoms. The standard InChI is InChI=1S/C21H14ClN5S/c22-16-7-5-14(6-8-16)13-28-21-24-18-4-2-1-3-17(18)20-25-19(26-27(20)21)15-9-11-23-12-10-15/h1-12H,13H2. The zero-order chi connectivity index (χ0) is 18.9. The van der Waals surface area contributed by atoms with Gasteiger partial charge in [0.1, 0.15) is 0 Å². The number of hydrogen-bond donors (Lipinski definition) is 0. The maximum absolute atomic E-state index is 5.99. The Kier molecular flexibility index (Phi) is 4.43. The van der Waals surface area contributed by atoms with Crippen LogP contribution in [0, 0.1) is 0 Å². The van der Waals surface area contributed by atoms with E-state index < -0.39 is 0 Å². The molecule has 7 heteroatoms. The summed E-state index contributed by atoms with van der Waals surface area (Å²) in [6.07, 6.45) is 3.49. The SMILES string of the molecule is Clc1ccc(CSc2nc3ccccc3c3nc(-c4ccncc4)nn23)cc1. The second-order valence-electron chi connectivity index (χ2n) is 6.23. The summed E-state index contributed by atoms with van der Waals surface area (Å²) in [4.78, 5) is 13.7. The van der Waals surface area contributed by atoms with Gasteiger partial charge in [-0.05, 0) is 42.0 Å². The third-order valence-electron chi connectivity index (χ3n) is 4.37. The molecule has 136 valence electrons. The van der Waals surface area contributed by atoms with Gasteiger partial charge in [-0.1, -0.05) is 47.6 Å². The smallest absolute Gasteiger partial charge is 0.191 e. The topological polar surface area (TPSA) is 56.0 Å². The average molecular weight is 404 g/mol. The van der Waals surface area contributed by atoms with Crippen molar-refractivity contribution in [1.82, 2.24) is 24.6 Å². The van der Waals surface area contributed by atoms with E-state index in [-0.39, 0.29) is 0 Å². The quantitative estimate of drug-likeness (QED) is 0.301. The summed E-state index contributed by atoms with van der Waals surface area (Å²) < 4.78 is 1.83. The molecule has 0 aliphatic heterocycles. The molecule has 5 rings (SSSR count). The Balaban J connectivity index is 1.62. The van der Waals surface area contributed by atoms with Crippen LogP contribution in [0.15, 0.2) is 78.2 Å². The summed E-state index contributed by atoms with van der Waals surface area (Å²) in [5.41, 5.74) is 3.81. The first-order valence-electron chi connectivity index (χ1n) is 8.71. The van der Waals surface area contributed by atoms with Crippen molar-refractivity contribution in [1.29, 1.82) is 0 Å². The lowest BCUT2D eigenvalue weighted by molar-refractivity contribution is 0.811. The Morgan fingerprint density at radius 3 is 2.50 bits per heavy atom. The second kappa shape index (κ2) is 7.22. The van der Waals surface area contributed by atoms with Gasteiger partial charge >= 0.3 is 0 Å². The Bertz CT molecular complexity index is 1270. The molecule has 28 heavy (non-hydrogen) atoms. The third kappa shape index (κ3) is 3.21. The van der Waals surface area contributed by atoms with Crippen molar-refractivity contribution in [3.8, 4) is 11.4 Å². The fraction of sp³-hybridized carbons (Fsp3) is 0.0476.